The van der Waals surface area contributed by atoms with Crippen molar-refractivity contribution in [3.63, 3.8) is 0 Å². The molecule has 15 aromatic rings. The molecule has 0 radical (unpaired) electrons. The molecule has 28 heteroatoms. The number of nitrogens with zero attached hydrogens (tertiary/aromatic N) is 20. The van der Waals surface area contributed by atoms with E-state index in [0.717, 1.165) is 224 Å². The van der Waals surface area contributed by atoms with Crippen LogP contribution in [0.5, 0.6) is 0 Å². The first-order chi connectivity index (χ1) is 67.4. The van der Waals surface area contributed by atoms with Crippen LogP contribution in [0.3, 0.4) is 0 Å². The van der Waals surface area contributed by atoms with Crippen LogP contribution in [0.2, 0.25) is 5.02 Å². The lowest BCUT2D eigenvalue weighted by molar-refractivity contribution is 0.0664. The van der Waals surface area contributed by atoms with E-state index in [9.17, 15) is 24.0 Å². The maximum atomic E-state index is 11.9. The molecule has 20 rings (SSSR count). The van der Waals surface area contributed by atoms with E-state index >= 15 is 0 Å². The third-order valence-corrected chi connectivity index (χ3v) is 27.1. The normalized spacial score (nSPS) is 14.7. The Kier molecular flexibility index (Phi) is 34.2. The molecule has 0 aromatic carbocycles. The third-order valence-electron chi connectivity index (χ3n) is 26.8. The van der Waals surface area contributed by atoms with Crippen LogP contribution in [0.15, 0.2) is 257 Å². The minimum Gasteiger partial charge on any atom is -0.381 e. The van der Waals surface area contributed by atoms with Gasteiger partial charge in [0.05, 0.1) is 92.9 Å². The number of aromatic nitrogens is 20. The van der Waals surface area contributed by atoms with Gasteiger partial charge in [-0.3, -0.25) is 48.9 Å². The van der Waals surface area contributed by atoms with Crippen LogP contribution < -0.4 is 27.8 Å². The molecule has 0 amide bonds. The summed E-state index contributed by atoms with van der Waals surface area (Å²) in [5.74, 6) is 3.84. The Morgan fingerprint density at radius 3 is 0.819 bits per heavy atom. The summed E-state index contributed by atoms with van der Waals surface area (Å²) in [7, 11) is 0. The highest BCUT2D eigenvalue weighted by molar-refractivity contribution is 6.33. The predicted molar refractivity (Wildman–Crippen MR) is 543 cm³/mol. The first kappa shape index (κ1) is 97.8. The molecule has 3 saturated carbocycles. The Hall–Kier alpha value is -13.2. The summed E-state index contributed by atoms with van der Waals surface area (Å²) in [4.78, 5) is 82.8. The van der Waals surface area contributed by atoms with Crippen molar-refractivity contribution in [3.8, 4) is 84.7 Å². The second kappa shape index (κ2) is 48.2. The number of hydrogen-bond acceptors (Lipinski definition) is 17. The number of pyridine rings is 10. The van der Waals surface area contributed by atoms with Crippen molar-refractivity contribution in [2.24, 2.45) is 29.6 Å². The van der Waals surface area contributed by atoms with Gasteiger partial charge in [0, 0.05) is 210 Å². The van der Waals surface area contributed by atoms with Gasteiger partial charge in [-0.2, -0.15) is 25.5 Å². The average molecular weight is 1880 g/mol. The molecule has 27 nitrogen and oxygen atoms in total. The van der Waals surface area contributed by atoms with Crippen LogP contribution in [0.1, 0.15) is 196 Å². The highest BCUT2D eigenvalue weighted by Gasteiger charge is 2.24. The summed E-state index contributed by atoms with van der Waals surface area (Å²) < 4.78 is 28.4. The first-order valence-corrected chi connectivity index (χ1v) is 50.2. The van der Waals surface area contributed by atoms with Gasteiger partial charge in [-0.05, 0) is 214 Å². The highest BCUT2D eigenvalue weighted by Crippen LogP contribution is 2.35. The molecule has 5 fully saturated rings. The first-order valence-electron chi connectivity index (χ1n) is 49.9. The Morgan fingerprint density at radius 1 is 0.283 bits per heavy atom. The standard InChI is InChI=1S/C23H28N4O.C22H25ClN4O2.C22H26N4O2.C22H26N4O.C21H24N4O/c1-3-10-26-16-21(8-9-22(26)28)27-15-20(14-25-27)23-17(2)11-19(13-24-23)12-18-6-4-5-7-18;1-2-7-26-15-19(3-4-21(26)28)27-14-18(13-25-27)22-20(23)11-17(12-24-22)10-16-5-8-29-9-6-16;1-2-9-25-16-20(4-6-22(25)27)26-15-19(14-24-26)21-5-3-18(13-23-21)12-17-7-10-28-11-8-17;1-2-11-25-16-20(8-10-22(25)27)26-15-19(14-24-26)21-9-7-18(13-23-21)12-17-5-3-4-6-17;1-2-10-24-15-19(7-9-21(24)26)25-14-18(13-23-25)20-8-6-17(12-22-20)11-16-4-3-5-16/h8-9,11,13-16,18H,3-7,10,12H2,1-2H3;3-4,11-16H,2,5-10H2,1H3;3-6,13-17H,2,7-12H2,1H3;7-10,13-17H,2-6,11-12H2,1H3;6-9,12-16H,2-5,10-11H2,1H3. The van der Waals surface area contributed by atoms with Crippen molar-refractivity contribution < 1.29 is 9.47 Å². The fraction of sp³-hybridized carbons (Fsp3) is 0.409. The van der Waals surface area contributed by atoms with E-state index in [2.05, 4.69) is 123 Å². The molecule has 3 aliphatic carbocycles. The second-order valence-electron chi connectivity index (χ2n) is 37.5. The predicted octanol–water partition coefficient (Wildman–Crippen LogP) is 20.2. The Morgan fingerprint density at radius 2 is 0.543 bits per heavy atom. The fourth-order valence-corrected chi connectivity index (χ4v) is 19.3. The largest absolute Gasteiger partial charge is 0.381 e. The van der Waals surface area contributed by atoms with Crippen LogP contribution >= 0.6 is 11.6 Å². The van der Waals surface area contributed by atoms with E-state index < -0.39 is 0 Å². The molecule has 718 valence electrons. The minimum atomic E-state index is -0.00666. The molecule has 5 aliphatic rings. The van der Waals surface area contributed by atoms with Crippen LogP contribution in [0.25, 0.3) is 84.7 Å². The molecule has 138 heavy (non-hydrogen) atoms. The lowest BCUT2D eigenvalue weighted by Gasteiger charge is -2.25. The van der Waals surface area contributed by atoms with Gasteiger partial charge in [0.1, 0.15) is 0 Å². The molecule has 2 aliphatic heterocycles. The molecule has 17 heterocycles. The quantitative estimate of drug-likeness (QED) is 0.0404. The molecule has 0 unspecified atom stereocenters. The van der Waals surface area contributed by atoms with Gasteiger partial charge in [-0.15, -0.1) is 0 Å². The zero-order chi connectivity index (χ0) is 95.6. The number of rotatable bonds is 30. The van der Waals surface area contributed by atoms with Crippen molar-refractivity contribution in [2.75, 3.05) is 26.4 Å². The van der Waals surface area contributed by atoms with Gasteiger partial charge in [-0.1, -0.05) is 141 Å². The van der Waals surface area contributed by atoms with Crippen LogP contribution in [0.4, 0.5) is 0 Å². The molecular formula is C110H129ClN20O7. The molecule has 0 spiro atoms. The topological polar surface area (TPSA) is 282 Å². The molecule has 0 bridgehead atoms. The van der Waals surface area contributed by atoms with Crippen LogP contribution in [0, 0.1) is 36.5 Å². The van der Waals surface area contributed by atoms with E-state index in [-0.39, 0.29) is 27.8 Å². The van der Waals surface area contributed by atoms with Gasteiger partial charge < -0.3 is 32.3 Å². The van der Waals surface area contributed by atoms with Gasteiger partial charge in [0.15, 0.2) is 0 Å². The van der Waals surface area contributed by atoms with Gasteiger partial charge in [-0.25, -0.2) is 23.4 Å². The Bertz CT molecular complexity index is 6790. The van der Waals surface area contributed by atoms with Gasteiger partial charge in [0.2, 0.25) is 0 Å². The number of halogens is 1. The van der Waals surface area contributed by atoms with Crippen molar-refractivity contribution in [3.05, 3.63) is 323 Å². The van der Waals surface area contributed by atoms with Crippen LogP contribution in [-0.2, 0) is 74.3 Å². The highest BCUT2D eigenvalue weighted by atomic mass is 35.5. The maximum absolute atomic E-state index is 11.9. The van der Waals surface area contributed by atoms with E-state index in [4.69, 9.17) is 26.1 Å². The van der Waals surface area contributed by atoms with E-state index in [1.165, 1.54) is 98.4 Å². The monoisotopic (exact) mass is 1880 g/mol. The summed E-state index contributed by atoms with van der Waals surface area (Å²) in [6.45, 7) is 19.4. The van der Waals surface area contributed by atoms with Crippen molar-refractivity contribution in [2.45, 2.75) is 235 Å². The molecule has 0 N–H and O–H groups in total. The lowest BCUT2D eigenvalue weighted by atomic mass is 9.81. The summed E-state index contributed by atoms with van der Waals surface area (Å²) in [6.07, 6.45) is 67.5. The summed E-state index contributed by atoms with van der Waals surface area (Å²) in [5, 5.41) is 22.9. The summed E-state index contributed by atoms with van der Waals surface area (Å²) in [6, 6.07) is 34.0. The summed E-state index contributed by atoms with van der Waals surface area (Å²) in [5.41, 5.74) is 21.2. The molecule has 0 atom stereocenters. The zero-order valence-corrected chi connectivity index (χ0v) is 81.3. The number of aryl methyl sites for hydroxylation is 6. The Labute approximate surface area is 811 Å². The molecule has 2 saturated heterocycles. The van der Waals surface area contributed by atoms with Gasteiger partial charge in [0.25, 0.3) is 27.8 Å². The van der Waals surface area contributed by atoms with Crippen LogP contribution in [-0.4, -0.2) is 123 Å². The number of hydrogen-bond donors (Lipinski definition) is 0. The second-order valence-corrected chi connectivity index (χ2v) is 37.9. The van der Waals surface area contributed by atoms with Gasteiger partial charge >= 0.3 is 0 Å². The minimum absolute atomic E-state index is 0.00666. The smallest absolute Gasteiger partial charge is 0.250 e. The Balaban J connectivity index is 0.000000125. The van der Waals surface area contributed by atoms with Crippen molar-refractivity contribution in [1.82, 2.24) is 96.7 Å². The average Bonchev–Trinajstić information content (AvgIpc) is 1.67. The summed E-state index contributed by atoms with van der Waals surface area (Å²) >= 11 is 6.55. The fourth-order valence-electron chi connectivity index (χ4n) is 19.0. The lowest BCUT2D eigenvalue weighted by Crippen LogP contribution is -2.19. The third kappa shape index (κ3) is 26.2. The zero-order valence-electron chi connectivity index (χ0n) is 80.5. The van der Waals surface area contributed by atoms with E-state index in [0.29, 0.717) is 49.6 Å². The van der Waals surface area contributed by atoms with Crippen molar-refractivity contribution in [1.29, 1.82) is 0 Å². The number of ether oxygens (including phenoxy) is 2. The van der Waals surface area contributed by atoms with E-state index in [1.807, 2.05) is 148 Å². The molecular weight excluding hydrogens is 1750 g/mol. The maximum Gasteiger partial charge on any atom is 0.250 e. The van der Waals surface area contributed by atoms with Crippen molar-refractivity contribution >= 4 is 11.6 Å². The molecule has 15 aromatic heterocycles. The van der Waals surface area contributed by atoms with E-state index in [1.54, 1.807) is 96.3 Å². The SMILES string of the molecule is CCCn1cc(-n2cc(-c3ccc(CC4CCC4)cn3)cn2)ccc1=O.CCCn1cc(-n2cc(-c3ccc(CC4CCCC4)cn3)cn2)ccc1=O.CCCn1cc(-n2cc(-c3ccc(CC4CCOCC4)cn3)cn2)ccc1=O.CCCn1cc(-n2cc(-c3ncc(CC4CCCC4)cc3C)cn2)ccc1=O.CCCn1cc(-n2cc(-c3ncc(CC4CCOCC4)cc3Cl)cn2)ccc1=O.